The highest BCUT2D eigenvalue weighted by Crippen LogP contribution is 2.17. The van der Waals surface area contributed by atoms with Gasteiger partial charge in [0.05, 0.1) is 0 Å². The minimum atomic E-state index is 0.555. The molecule has 1 rings (SSSR count). The van der Waals surface area contributed by atoms with E-state index >= 15 is 0 Å². The SMILES string of the molecule is CC(CN)SCc1ccc(I)cc1. The van der Waals surface area contributed by atoms with E-state index in [9.17, 15) is 0 Å². The summed E-state index contributed by atoms with van der Waals surface area (Å²) in [7, 11) is 0. The minimum absolute atomic E-state index is 0.555. The van der Waals surface area contributed by atoms with E-state index in [1.54, 1.807) is 0 Å². The van der Waals surface area contributed by atoms with Gasteiger partial charge in [0.1, 0.15) is 0 Å². The number of hydrogen-bond acceptors (Lipinski definition) is 2. The third-order valence-electron chi connectivity index (χ3n) is 1.78. The van der Waals surface area contributed by atoms with Crippen LogP contribution in [0.25, 0.3) is 0 Å². The van der Waals surface area contributed by atoms with Crippen LogP contribution < -0.4 is 5.73 Å². The monoisotopic (exact) mass is 307 g/mol. The van der Waals surface area contributed by atoms with Gasteiger partial charge in [-0.15, -0.1) is 0 Å². The fourth-order valence-electron chi connectivity index (χ4n) is 0.887. The Morgan fingerprint density at radius 1 is 1.38 bits per heavy atom. The Bertz CT molecular complexity index is 248. The maximum atomic E-state index is 5.54. The van der Waals surface area contributed by atoms with Gasteiger partial charge >= 0.3 is 0 Å². The number of benzene rings is 1. The largest absolute Gasteiger partial charge is 0.329 e. The second kappa shape index (κ2) is 5.88. The van der Waals surface area contributed by atoms with E-state index in [0.29, 0.717) is 5.25 Å². The van der Waals surface area contributed by atoms with Crippen molar-refractivity contribution in [3.05, 3.63) is 33.4 Å². The molecule has 0 aliphatic heterocycles. The fourth-order valence-corrected chi connectivity index (χ4v) is 2.05. The lowest BCUT2D eigenvalue weighted by atomic mass is 10.2. The zero-order valence-electron chi connectivity index (χ0n) is 7.66. The summed E-state index contributed by atoms with van der Waals surface area (Å²) >= 11 is 4.23. The molecule has 0 aliphatic carbocycles. The minimum Gasteiger partial charge on any atom is -0.329 e. The van der Waals surface area contributed by atoms with Crippen LogP contribution in [0.1, 0.15) is 12.5 Å². The first-order valence-electron chi connectivity index (χ1n) is 4.28. The maximum Gasteiger partial charge on any atom is 0.0187 e. The molecule has 1 unspecified atom stereocenters. The Morgan fingerprint density at radius 2 is 2.00 bits per heavy atom. The van der Waals surface area contributed by atoms with E-state index < -0.39 is 0 Å². The first kappa shape index (κ1) is 11.3. The second-order valence-corrected chi connectivity index (χ2v) is 5.66. The van der Waals surface area contributed by atoms with Crippen molar-refractivity contribution in [3.63, 3.8) is 0 Å². The van der Waals surface area contributed by atoms with E-state index in [-0.39, 0.29) is 0 Å². The molecule has 2 N–H and O–H groups in total. The lowest BCUT2D eigenvalue weighted by molar-refractivity contribution is 0.951. The van der Waals surface area contributed by atoms with E-state index in [4.69, 9.17) is 5.73 Å². The molecule has 72 valence electrons. The van der Waals surface area contributed by atoms with Gasteiger partial charge in [-0.05, 0) is 40.3 Å². The summed E-state index contributed by atoms with van der Waals surface area (Å²) in [6.07, 6.45) is 0. The van der Waals surface area contributed by atoms with Crippen LogP contribution in [0.15, 0.2) is 24.3 Å². The Kier molecular flexibility index (Phi) is 5.13. The molecule has 1 aromatic carbocycles. The molecular weight excluding hydrogens is 293 g/mol. The molecule has 3 heteroatoms. The Balaban J connectivity index is 2.41. The molecular formula is C10H14INS. The summed E-state index contributed by atoms with van der Waals surface area (Å²) in [6, 6.07) is 8.64. The Hall–Kier alpha value is 0.260. The number of hydrogen-bond donors (Lipinski definition) is 1. The highest BCUT2D eigenvalue weighted by molar-refractivity contribution is 14.1. The zero-order valence-corrected chi connectivity index (χ0v) is 10.6. The molecule has 1 atom stereocenters. The summed E-state index contributed by atoms with van der Waals surface area (Å²) < 4.78 is 1.29. The standard InChI is InChI=1S/C10H14INS/c1-8(6-12)13-7-9-2-4-10(11)5-3-9/h2-5,8H,6-7,12H2,1H3. The topological polar surface area (TPSA) is 26.0 Å². The molecule has 0 saturated carbocycles. The van der Waals surface area contributed by atoms with Gasteiger partial charge < -0.3 is 5.73 Å². The summed E-state index contributed by atoms with van der Waals surface area (Å²) in [6.45, 7) is 2.92. The van der Waals surface area contributed by atoms with Gasteiger partial charge in [-0.2, -0.15) is 11.8 Å². The lowest BCUT2D eigenvalue weighted by Crippen LogP contribution is -2.12. The van der Waals surface area contributed by atoms with Crippen LogP contribution in [-0.2, 0) is 5.75 Å². The molecule has 0 fully saturated rings. The number of nitrogens with two attached hydrogens (primary N) is 1. The molecule has 0 aliphatic rings. The fraction of sp³-hybridized carbons (Fsp3) is 0.400. The number of thioether (sulfide) groups is 1. The molecule has 1 aromatic rings. The first-order valence-corrected chi connectivity index (χ1v) is 6.41. The zero-order chi connectivity index (χ0) is 9.68. The van der Waals surface area contributed by atoms with Gasteiger partial charge in [0.2, 0.25) is 0 Å². The number of rotatable bonds is 4. The average Bonchev–Trinajstić information content (AvgIpc) is 2.16. The van der Waals surface area contributed by atoms with Gasteiger partial charge in [-0.1, -0.05) is 19.1 Å². The summed E-state index contributed by atoms with van der Waals surface area (Å²) in [5.41, 5.74) is 6.92. The molecule has 0 amide bonds. The predicted molar refractivity (Wildman–Crippen MR) is 69.0 cm³/mol. The van der Waals surface area contributed by atoms with Crippen molar-refractivity contribution in [1.29, 1.82) is 0 Å². The van der Waals surface area contributed by atoms with Gasteiger partial charge in [0.25, 0.3) is 0 Å². The molecule has 0 spiro atoms. The van der Waals surface area contributed by atoms with Crippen molar-refractivity contribution >= 4 is 34.4 Å². The highest BCUT2D eigenvalue weighted by Gasteiger charge is 1.99. The lowest BCUT2D eigenvalue weighted by Gasteiger charge is -2.07. The Morgan fingerprint density at radius 3 is 2.54 bits per heavy atom. The second-order valence-electron chi connectivity index (χ2n) is 2.98. The average molecular weight is 307 g/mol. The first-order chi connectivity index (χ1) is 6.22. The van der Waals surface area contributed by atoms with Gasteiger partial charge in [-0.25, -0.2) is 0 Å². The van der Waals surface area contributed by atoms with Crippen molar-refractivity contribution in [1.82, 2.24) is 0 Å². The third-order valence-corrected chi connectivity index (χ3v) is 3.76. The molecule has 0 aromatic heterocycles. The van der Waals surface area contributed by atoms with E-state index in [1.807, 2.05) is 11.8 Å². The molecule has 13 heavy (non-hydrogen) atoms. The quantitative estimate of drug-likeness (QED) is 0.866. The van der Waals surface area contributed by atoms with Crippen molar-refractivity contribution in [2.45, 2.75) is 17.9 Å². The third kappa shape index (κ3) is 4.33. The van der Waals surface area contributed by atoms with Gasteiger partial charge in [0.15, 0.2) is 0 Å². The highest BCUT2D eigenvalue weighted by atomic mass is 127. The van der Waals surface area contributed by atoms with Crippen LogP contribution in [0.3, 0.4) is 0 Å². The van der Waals surface area contributed by atoms with Crippen LogP contribution in [0, 0.1) is 3.57 Å². The van der Waals surface area contributed by atoms with E-state index in [1.165, 1.54) is 9.13 Å². The van der Waals surface area contributed by atoms with Crippen molar-refractivity contribution in [2.75, 3.05) is 6.54 Å². The summed E-state index contributed by atoms with van der Waals surface area (Å²) in [4.78, 5) is 0. The Labute approximate surface area is 97.6 Å². The van der Waals surface area contributed by atoms with Crippen LogP contribution >= 0.6 is 34.4 Å². The normalized spacial score (nSPS) is 12.8. The molecule has 0 radical (unpaired) electrons. The summed E-state index contributed by atoms with van der Waals surface area (Å²) in [5.74, 6) is 1.06. The number of halogens is 1. The molecule has 1 nitrogen and oxygen atoms in total. The predicted octanol–water partition coefficient (Wildman–Crippen LogP) is 2.87. The van der Waals surface area contributed by atoms with Crippen LogP contribution in [-0.4, -0.2) is 11.8 Å². The smallest absolute Gasteiger partial charge is 0.0187 e. The van der Waals surface area contributed by atoms with Gasteiger partial charge in [0, 0.05) is 21.1 Å². The van der Waals surface area contributed by atoms with Crippen molar-refractivity contribution in [3.8, 4) is 0 Å². The summed E-state index contributed by atoms with van der Waals surface area (Å²) in [5, 5.41) is 0.555. The van der Waals surface area contributed by atoms with Crippen LogP contribution in [0.5, 0.6) is 0 Å². The van der Waals surface area contributed by atoms with Gasteiger partial charge in [-0.3, -0.25) is 0 Å². The van der Waals surface area contributed by atoms with E-state index in [0.717, 1.165) is 12.3 Å². The molecule has 0 heterocycles. The molecule has 0 bridgehead atoms. The van der Waals surface area contributed by atoms with Crippen molar-refractivity contribution < 1.29 is 0 Å². The van der Waals surface area contributed by atoms with Crippen molar-refractivity contribution in [2.24, 2.45) is 5.73 Å². The molecule has 0 saturated heterocycles. The van der Waals surface area contributed by atoms with Crippen LogP contribution in [0.2, 0.25) is 0 Å². The van der Waals surface area contributed by atoms with Crippen LogP contribution in [0.4, 0.5) is 0 Å². The van der Waals surface area contributed by atoms with E-state index in [2.05, 4.69) is 53.8 Å². The maximum absolute atomic E-state index is 5.54.